The Morgan fingerprint density at radius 1 is 1.19 bits per heavy atom. The van der Waals surface area contributed by atoms with Crippen LogP contribution in [0.25, 0.3) is 0 Å². The highest BCUT2D eigenvalue weighted by molar-refractivity contribution is 5.77. The highest BCUT2D eigenvalue weighted by atomic mass is 16.2. The first-order valence-electron chi connectivity index (χ1n) is 9.39. The van der Waals surface area contributed by atoms with Gasteiger partial charge in [-0.25, -0.2) is 4.79 Å². The van der Waals surface area contributed by atoms with E-state index >= 15 is 0 Å². The zero-order chi connectivity index (χ0) is 19.2. The molecule has 6 heteroatoms. The largest absolute Gasteiger partial charge is 0.371 e. The molecule has 1 atom stereocenters. The number of rotatable bonds is 6. The minimum absolute atomic E-state index is 0.0677. The Morgan fingerprint density at radius 2 is 1.88 bits per heavy atom. The Hall–Kier alpha value is -2.24. The van der Waals surface area contributed by atoms with Crippen LogP contribution in [0, 0.1) is 11.3 Å². The maximum absolute atomic E-state index is 11.8. The van der Waals surface area contributed by atoms with Crippen molar-refractivity contribution in [2.24, 2.45) is 17.1 Å². The smallest absolute Gasteiger partial charge is 0.315 e. The SMILES string of the molecule is CC(C)(C)CCNC(=O)NCc1ccc(N2CCCC(C(N)=O)C2)cc1. The monoisotopic (exact) mass is 360 g/mol. The van der Waals surface area contributed by atoms with Crippen LogP contribution < -0.4 is 21.3 Å². The van der Waals surface area contributed by atoms with Crippen LogP contribution >= 0.6 is 0 Å². The molecule has 26 heavy (non-hydrogen) atoms. The van der Waals surface area contributed by atoms with E-state index in [0.29, 0.717) is 19.6 Å². The average molecular weight is 361 g/mol. The quantitative estimate of drug-likeness (QED) is 0.729. The topological polar surface area (TPSA) is 87.5 Å². The second-order valence-electron chi connectivity index (χ2n) is 8.27. The van der Waals surface area contributed by atoms with Crippen molar-refractivity contribution >= 4 is 17.6 Å². The summed E-state index contributed by atoms with van der Waals surface area (Å²) in [6.45, 7) is 9.25. The first-order valence-corrected chi connectivity index (χ1v) is 9.39. The van der Waals surface area contributed by atoms with Crippen LogP contribution in [0.1, 0.15) is 45.6 Å². The number of nitrogens with one attached hydrogen (secondary N) is 2. The summed E-state index contributed by atoms with van der Waals surface area (Å²) < 4.78 is 0. The van der Waals surface area contributed by atoms with Gasteiger partial charge in [0.05, 0.1) is 5.92 Å². The molecular weight excluding hydrogens is 328 g/mol. The van der Waals surface area contributed by atoms with Crippen LogP contribution in [-0.2, 0) is 11.3 Å². The van der Waals surface area contributed by atoms with Crippen LogP contribution in [0.15, 0.2) is 24.3 Å². The van der Waals surface area contributed by atoms with Crippen molar-refractivity contribution in [2.45, 2.75) is 46.6 Å². The average Bonchev–Trinajstić information content (AvgIpc) is 2.59. The maximum Gasteiger partial charge on any atom is 0.315 e. The van der Waals surface area contributed by atoms with Gasteiger partial charge in [0.15, 0.2) is 0 Å². The molecule has 1 heterocycles. The summed E-state index contributed by atoms with van der Waals surface area (Å²) in [7, 11) is 0. The molecule has 2 rings (SSSR count). The minimum Gasteiger partial charge on any atom is -0.371 e. The predicted octanol–water partition coefficient (Wildman–Crippen LogP) is 2.62. The van der Waals surface area contributed by atoms with E-state index in [9.17, 15) is 9.59 Å². The number of hydrogen-bond donors (Lipinski definition) is 3. The van der Waals surface area contributed by atoms with E-state index in [4.69, 9.17) is 5.73 Å². The van der Waals surface area contributed by atoms with E-state index in [0.717, 1.165) is 37.1 Å². The lowest BCUT2D eigenvalue weighted by molar-refractivity contribution is -0.122. The van der Waals surface area contributed by atoms with E-state index in [2.05, 4.69) is 36.3 Å². The molecular formula is C20H32N4O2. The van der Waals surface area contributed by atoms with Gasteiger partial charge in [-0.2, -0.15) is 0 Å². The Balaban J connectivity index is 1.78. The maximum atomic E-state index is 11.8. The third-order valence-corrected chi connectivity index (χ3v) is 4.74. The van der Waals surface area contributed by atoms with Crippen LogP contribution in [0.5, 0.6) is 0 Å². The summed E-state index contributed by atoms with van der Waals surface area (Å²) in [6.07, 6.45) is 2.79. The number of amides is 3. The first-order chi connectivity index (χ1) is 12.2. The predicted molar refractivity (Wildman–Crippen MR) is 105 cm³/mol. The molecule has 6 nitrogen and oxygen atoms in total. The standard InChI is InChI=1S/C20H32N4O2/c1-20(2,3)10-11-22-19(26)23-13-15-6-8-17(9-7-15)24-12-4-5-16(14-24)18(21)25/h6-9,16H,4-5,10-14H2,1-3H3,(H2,21,25)(H2,22,23,26). The molecule has 1 saturated heterocycles. The zero-order valence-electron chi connectivity index (χ0n) is 16.2. The molecule has 1 aromatic carbocycles. The molecule has 1 aliphatic heterocycles. The lowest BCUT2D eigenvalue weighted by Crippen LogP contribution is -2.41. The number of piperidine rings is 1. The molecule has 1 fully saturated rings. The second-order valence-corrected chi connectivity index (χ2v) is 8.27. The molecule has 1 aromatic rings. The molecule has 0 spiro atoms. The molecule has 0 radical (unpaired) electrons. The fourth-order valence-corrected chi connectivity index (χ4v) is 3.06. The summed E-state index contributed by atoms with van der Waals surface area (Å²) in [5, 5.41) is 5.77. The number of benzene rings is 1. The van der Waals surface area contributed by atoms with Crippen LogP contribution in [0.4, 0.5) is 10.5 Å². The molecule has 0 saturated carbocycles. The van der Waals surface area contributed by atoms with E-state index in [1.807, 2.05) is 24.3 Å². The van der Waals surface area contributed by atoms with E-state index in [1.165, 1.54) is 0 Å². The Bertz CT molecular complexity index is 607. The zero-order valence-corrected chi connectivity index (χ0v) is 16.2. The summed E-state index contributed by atoms with van der Waals surface area (Å²) in [4.78, 5) is 25.5. The molecule has 0 aromatic heterocycles. The van der Waals surface area contributed by atoms with Crippen molar-refractivity contribution in [1.82, 2.24) is 10.6 Å². The number of primary amides is 1. The third kappa shape index (κ3) is 6.58. The van der Waals surface area contributed by atoms with Crippen molar-refractivity contribution in [3.05, 3.63) is 29.8 Å². The van der Waals surface area contributed by atoms with Gasteiger partial charge in [-0.3, -0.25) is 4.79 Å². The molecule has 3 amide bonds. The number of carbonyl (C=O) groups is 2. The van der Waals surface area contributed by atoms with Crippen molar-refractivity contribution in [3.8, 4) is 0 Å². The normalized spacial score (nSPS) is 17.7. The Kier molecular flexibility index (Phi) is 6.89. The summed E-state index contributed by atoms with van der Waals surface area (Å²) in [6, 6.07) is 7.96. The Morgan fingerprint density at radius 3 is 2.50 bits per heavy atom. The molecule has 1 unspecified atom stereocenters. The van der Waals surface area contributed by atoms with Gasteiger partial charge in [0.1, 0.15) is 0 Å². The van der Waals surface area contributed by atoms with E-state index in [1.54, 1.807) is 0 Å². The van der Waals surface area contributed by atoms with Crippen LogP contribution in [-0.4, -0.2) is 31.6 Å². The summed E-state index contributed by atoms with van der Waals surface area (Å²) >= 11 is 0. The fourth-order valence-electron chi connectivity index (χ4n) is 3.06. The van der Waals surface area contributed by atoms with E-state index in [-0.39, 0.29) is 23.3 Å². The fraction of sp³-hybridized carbons (Fsp3) is 0.600. The van der Waals surface area contributed by atoms with Crippen molar-refractivity contribution < 1.29 is 9.59 Å². The van der Waals surface area contributed by atoms with Crippen LogP contribution in [0.2, 0.25) is 0 Å². The first kappa shape index (κ1) is 20.1. The molecule has 144 valence electrons. The minimum atomic E-state index is -0.215. The number of nitrogens with zero attached hydrogens (tertiary/aromatic N) is 1. The number of hydrogen-bond acceptors (Lipinski definition) is 3. The van der Waals surface area contributed by atoms with Gasteiger partial charge >= 0.3 is 6.03 Å². The van der Waals surface area contributed by atoms with Crippen molar-refractivity contribution in [1.29, 1.82) is 0 Å². The van der Waals surface area contributed by atoms with Gasteiger partial charge in [0, 0.05) is 31.9 Å². The number of nitrogens with two attached hydrogens (primary N) is 1. The lowest BCUT2D eigenvalue weighted by Gasteiger charge is -2.33. The van der Waals surface area contributed by atoms with Gasteiger partial charge in [-0.15, -0.1) is 0 Å². The molecule has 0 aliphatic carbocycles. The lowest BCUT2D eigenvalue weighted by atomic mass is 9.92. The van der Waals surface area contributed by atoms with Crippen molar-refractivity contribution in [2.75, 3.05) is 24.5 Å². The summed E-state index contributed by atoms with van der Waals surface area (Å²) in [5.41, 5.74) is 7.80. The summed E-state index contributed by atoms with van der Waals surface area (Å²) in [5.74, 6) is -0.283. The van der Waals surface area contributed by atoms with E-state index < -0.39 is 0 Å². The second kappa shape index (κ2) is 8.92. The molecule has 1 aliphatic rings. The van der Waals surface area contributed by atoms with Gasteiger partial charge in [0.25, 0.3) is 0 Å². The number of urea groups is 1. The third-order valence-electron chi connectivity index (χ3n) is 4.74. The number of carbonyl (C=O) groups excluding carboxylic acids is 2. The van der Waals surface area contributed by atoms with Crippen molar-refractivity contribution in [3.63, 3.8) is 0 Å². The van der Waals surface area contributed by atoms with Crippen LogP contribution in [0.3, 0.4) is 0 Å². The van der Waals surface area contributed by atoms with Gasteiger partial charge in [-0.1, -0.05) is 32.9 Å². The highest BCUT2D eigenvalue weighted by Gasteiger charge is 2.24. The molecule has 0 bridgehead atoms. The van der Waals surface area contributed by atoms with Gasteiger partial charge < -0.3 is 21.3 Å². The highest BCUT2D eigenvalue weighted by Crippen LogP contribution is 2.23. The Labute approximate surface area is 156 Å². The van der Waals surface area contributed by atoms with Gasteiger partial charge in [0.2, 0.25) is 5.91 Å². The molecule has 4 N–H and O–H groups in total. The number of anilines is 1. The van der Waals surface area contributed by atoms with Gasteiger partial charge in [-0.05, 0) is 42.4 Å².